The fraction of sp³-hybridized carbons (Fsp3) is 0.333. The molecular formula is C21H23N7. The zero-order valence-electron chi connectivity index (χ0n) is 15.8. The van der Waals surface area contributed by atoms with Gasteiger partial charge in [0.25, 0.3) is 0 Å². The standard InChI is InChI=1S/C21H23N7/c1-28(17-10-3-2-8-15(17)22)18-12-24-20-19(26-27-21(20)25-18)14-6-4-9-16-13(14)7-5-11-23-16/h4-7,9,11-12,15,17H,2-3,8,10,22H2,1H3,(H,25,26,27)/t15-,17+/m0/s1. The Labute approximate surface area is 163 Å². The fourth-order valence-corrected chi connectivity index (χ4v) is 4.26. The number of H-pyrrole nitrogens is 1. The van der Waals surface area contributed by atoms with Crippen LogP contribution in [-0.4, -0.2) is 44.3 Å². The summed E-state index contributed by atoms with van der Waals surface area (Å²) in [6.45, 7) is 0. The van der Waals surface area contributed by atoms with E-state index < -0.39 is 0 Å². The van der Waals surface area contributed by atoms with Crippen LogP contribution in [0.2, 0.25) is 0 Å². The van der Waals surface area contributed by atoms with Crippen LogP contribution >= 0.6 is 0 Å². The number of hydrogen-bond donors (Lipinski definition) is 2. The number of benzene rings is 1. The van der Waals surface area contributed by atoms with E-state index >= 15 is 0 Å². The van der Waals surface area contributed by atoms with Gasteiger partial charge >= 0.3 is 0 Å². The van der Waals surface area contributed by atoms with E-state index in [1.165, 1.54) is 12.8 Å². The number of anilines is 1. The van der Waals surface area contributed by atoms with Crippen molar-refractivity contribution in [2.45, 2.75) is 37.8 Å². The Balaban J connectivity index is 1.55. The highest BCUT2D eigenvalue weighted by Gasteiger charge is 2.27. The summed E-state index contributed by atoms with van der Waals surface area (Å²) in [5.74, 6) is 0.812. The van der Waals surface area contributed by atoms with Gasteiger partial charge < -0.3 is 10.6 Å². The minimum absolute atomic E-state index is 0.175. The van der Waals surface area contributed by atoms with Gasteiger partial charge in [-0.1, -0.05) is 31.0 Å². The molecule has 3 aromatic heterocycles. The van der Waals surface area contributed by atoms with E-state index in [-0.39, 0.29) is 6.04 Å². The average molecular weight is 373 g/mol. The molecule has 0 saturated heterocycles. The molecule has 4 aromatic rings. The van der Waals surface area contributed by atoms with Gasteiger partial charge in [0.15, 0.2) is 0 Å². The Morgan fingerprint density at radius 1 is 1.11 bits per heavy atom. The van der Waals surface area contributed by atoms with E-state index in [1.54, 1.807) is 6.20 Å². The van der Waals surface area contributed by atoms with Crippen LogP contribution < -0.4 is 10.6 Å². The third-order valence-corrected chi connectivity index (χ3v) is 5.81. The molecule has 3 heterocycles. The molecule has 1 fully saturated rings. The molecular weight excluding hydrogens is 350 g/mol. The van der Waals surface area contributed by atoms with Gasteiger partial charge in [-0.15, -0.1) is 0 Å². The summed E-state index contributed by atoms with van der Waals surface area (Å²) in [6, 6.07) is 10.5. The number of fused-ring (bicyclic) bond motifs is 2. The van der Waals surface area contributed by atoms with Crippen molar-refractivity contribution in [3.8, 4) is 11.3 Å². The molecule has 7 nitrogen and oxygen atoms in total. The highest BCUT2D eigenvalue weighted by molar-refractivity contribution is 6.00. The first-order valence-corrected chi connectivity index (χ1v) is 9.76. The Kier molecular flexibility index (Phi) is 4.16. The number of aromatic nitrogens is 5. The van der Waals surface area contributed by atoms with E-state index in [4.69, 9.17) is 15.7 Å². The minimum Gasteiger partial charge on any atom is -0.354 e. The van der Waals surface area contributed by atoms with Crippen molar-refractivity contribution in [2.24, 2.45) is 5.73 Å². The molecule has 1 aliphatic carbocycles. The van der Waals surface area contributed by atoms with Gasteiger partial charge in [-0.2, -0.15) is 5.10 Å². The zero-order valence-corrected chi connectivity index (χ0v) is 15.8. The Bertz CT molecular complexity index is 1130. The van der Waals surface area contributed by atoms with Gasteiger partial charge in [0.1, 0.15) is 11.3 Å². The smallest absolute Gasteiger partial charge is 0.202 e. The van der Waals surface area contributed by atoms with Crippen LogP contribution in [0.1, 0.15) is 25.7 Å². The van der Waals surface area contributed by atoms with E-state index in [2.05, 4.69) is 39.3 Å². The summed E-state index contributed by atoms with van der Waals surface area (Å²) in [7, 11) is 2.05. The van der Waals surface area contributed by atoms with Crippen LogP contribution in [0.25, 0.3) is 33.3 Å². The van der Waals surface area contributed by atoms with E-state index in [1.807, 2.05) is 24.4 Å². The number of nitrogens with one attached hydrogen (secondary N) is 1. The van der Waals surface area contributed by atoms with Gasteiger partial charge in [0, 0.05) is 36.3 Å². The van der Waals surface area contributed by atoms with E-state index in [9.17, 15) is 0 Å². The molecule has 0 aliphatic heterocycles. The van der Waals surface area contributed by atoms with Crippen molar-refractivity contribution in [1.82, 2.24) is 25.1 Å². The van der Waals surface area contributed by atoms with Crippen molar-refractivity contribution in [2.75, 3.05) is 11.9 Å². The maximum Gasteiger partial charge on any atom is 0.202 e. The molecule has 1 saturated carbocycles. The van der Waals surface area contributed by atoms with Crippen molar-refractivity contribution in [3.05, 3.63) is 42.7 Å². The molecule has 0 spiro atoms. The predicted molar refractivity (Wildman–Crippen MR) is 111 cm³/mol. The number of pyridine rings is 1. The SMILES string of the molecule is CN(c1cnc2c(-c3cccc4ncccc34)[nH]nc2n1)[C@@H]1CCCC[C@@H]1N. The van der Waals surface area contributed by atoms with E-state index in [0.29, 0.717) is 11.7 Å². The first-order valence-electron chi connectivity index (χ1n) is 9.76. The second-order valence-corrected chi connectivity index (χ2v) is 7.50. The van der Waals surface area contributed by atoms with Crippen molar-refractivity contribution in [3.63, 3.8) is 0 Å². The molecule has 142 valence electrons. The van der Waals surface area contributed by atoms with Crippen LogP contribution in [0.3, 0.4) is 0 Å². The maximum atomic E-state index is 6.35. The van der Waals surface area contributed by atoms with Crippen LogP contribution in [0.15, 0.2) is 42.7 Å². The lowest BCUT2D eigenvalue weighted by Gasteiger charge is -2.36. The first kappa shape index (κ1) is 17.1. The molecule has 28 heavy (non-hydrogen) atoms. The van der Waals surface area contributed by atoms with Crippen LogP contribution in [0.4, 0.5) is 5.82 Å². The van der Waals surface area contributed by atoms with Crippen LogP contribution in [0.5, 0.6) is 0 Å². The summed E-state index contributed by atoms with van der Waals surface area (Å²) in [5.41, 5.74) is 10.6. The summed E-state index contributed by atoms with van der Waals surface area (Å²) >= 11 is 0. The van der Waals surface area contributed by atoms with Crippen molar-refractivity contribution >= 4 is 27.9 Å². The van der Waals surface area contributed by atoms with Gasteiger partial charge in [-0.25, -0.2) is 9.97 Å². The highest BCUT2D eigenvalue weighted by Crippen LogP contribution is 2.31. The van der Waals surface area contributed by atoms with Crippen molar-refractivity contribution in [1.29, 1.82) is 0 Å². The van der Waals surface area contributed by atoms with Crippen molar-refractivity contribution < 1.29 is 0 Å². The first-order chi connectivity index (χ1) is 13.7. The summed E-state index contributed by atoms with van der Waals surface area (Å²) in [6.07, 6.45) is 8.19. The fourth-order valence-electron chi connectivity index (χ4n) is 4.26. The number of nitrogens with zero attached hydrogens (tertiary/aromatic N) is 5. The minimum atomic E-state index is 0.175. The number of nitrogens with two attached hydrogens (primary N) is 1. The highest BCUT2D eigenvalue weighted by atomic mass is 15.2. The number of likely N-dealkylation sites (N-methyl/N-ethyl adjacent to an activating group) is 1. The van der Waals surface area contributed by atoms with Crippen LogP contribution in [0, 0.1) is 0 Å². The third kappa shape index (κ3) is 2.79. The molecule has 5 rings (SSSR count). The molecule has 3 N–H and O–H groups in total. The van der Waals surface area contributed by atoms with Gasteiger partial charge in [0.05, 0.1) is 17.4 Å². The number of rotatable bonds is 3. The molecule has 2 atom stereocenters. The molecule has 0 unspecified atom stereocenters. The molecule has 0 radical (unpaired) electrons. The largest absolute Gasteiger partial charge is 0.354 e. The molecule has 0 bridgehead atoms. The molecule has 1 aromatic carbocycles. The maximum absolute atomic E-state index is 6.35. The predicted octanol–water partition coefficient (Wildman–Crippen LogP) is 3.27. The second-order valence-electron chi connectivity index (χ2n) is 7.50. The van der Waals surface area contributed by atoms with Gasteiger partial charge in [0.2, 0.25) is 5.65 Å². The quantitative estimate of drug-likeness (QED) is 0.572. The number of aromatic amines is 1. The summed E-state index contributed by atoms with van der Waals surface area (Å²) in [4.78, 5) is 16.1. The van der Waals surface area contributed by atoms with Gasteiger partial charge in [-0.05, 0) is 25.0 Å². The topological polar surface area (TPSA) is 96.6 Å². The molecule has 0 amide bonds. The lowest BCUT2D eigenvalue weighted by Crippen LogP contribution is -2.48. The Morgan fingerprint density at radius 2 is 2.00 bits per heavy atom. The summed E-state index contributed by atoms with van der Waals surface area (Å²) < 4.78 is 0. The third-order valence-electron chi connectivity index (χ3n) is 5.81. The monoisotopic (exact) mass is 373 g/mol. The van der Waals surface area contributed by atoms with E-state index in [0.717, 1.165) is 46.3 Å². The lowest BCUT2D eigenvalue weighted by atomic mass is 9.90. The second kappa shape index (κ2) is 6.83. The molecule has 1 aliphatic rings. The zero-order chi connectivity index (χ0) is 19.1. The lowest BCUT2D eigenvalue weighted by molar-refractivity contribution is 0.372. The van der Waals surface area contributed by atoms with Gasteiger partial charge in [-0.3, -0.25) is 10.1 Å². The summed E-state index contributed by atoms with van der Waals surface area (Å²) in [5, 5.41) is 8.62. The number of hydrogen-bond acceptors (Lipinski definition) is 6. The Hall–Kier alpha value is -3.06. The normalized spacial score (nSPS) is 19.9. The molecule has 7 heteroatoms. The Morgan fingerprint density at radius 3 is 2.89 bits per heavy atom. The average Bonchev–Trinajstić information content (AvgIpc) is 3.16. The van der Waals surface area contributed by atoms with Crippen LogP contribution in [-0.2, 0) is 0 Å².